The Kier molecular flexibility index (Phi) is 12.4. The molecule has 46 heavy (non-hydrogen) atoms. The minimum atomic E-state index is 0.203. The second-order valence-corrected chi connectivity index (χ2v) is 18.1. The third-order valence-electron chi connectivity index (χ3n) is 9.63. The molecule has 5 aromatic rings. The minimum Gasteiger partial charge on any atom is -0.214 e. The van der Waals surface area contributed by atoms with Crippen LogP contribution in [0.25, 0.3) is 21.5 Å². The van der Waals surface area contributed by atoms with Crippen LogP contribution >= 0.6 is 0 Å². The first-order valence-corrected chi connectivity index (χ1v) is 19.5. The first kappa shape index (κ1) is 36.5. The van der Waals surface area contributed by atoms with Gasteiger partial charge < -0.3 is 0 Å². The molecule has 0 unspecified atom stereocenters. The van der Waals surface area contributed by atoms with Gasteiger partial charge in [-0.3, -0.25) is 0 Å². The average Bonchev–Trinajstić information content (AvgIpc) is 3.72. The third-order valence-corrected chi connectivity index (χ3v) is 12.1. The largest absolute Gasteiger partial charge is 0.214 e. The summed E-state index contributed by atoms with van der Waals surface area (Å²) in [5.74, 6) is 2.15. The molecule has 0 heterocycles. The summed E-state index contributed by atoms with van der Waals surface area (Å²) >= 11 is 1.22. The molecule has 0 atom stereocenters. The smallest absolute Gasteiger partial charge is 0.172 e. The maximum Gasteiger partial charge on any atom is -0.172 e. The summed E-state index contributed by atoms with van der Waals surface area (Å²) in [6.45, 7) is 22.9. The summed E-state index contributed by atoms with van der Waals surface area (Å²) in [4.78, 5) is 0. The van der Waals surface area contributed by atoms with Gasteiger partial charge in [0.05, 0.1) is 0 Å². The van der Waals surface area contributed by atoms with Crippen LogP contribution in [0.4, 0.5) is 0 Å². The molecule has 1 saturated carbocycles. The third kappa shape index (κ3) is 9.59. The number of fused-ring (bicyclic) bond motifs is 3. The zero-order chi connectivity index (χ0) is 33.6. The molecular formula is C45H58Hf. The van der Waals surface area contributed by atoms with Crippen molar-refractivity contribution in [2.24, 2.45) is 5.92 Å². The Balaban J connectivity index is 0.000000181. The van der Waals surface area contributed by atoms with Gasteiger partial charge in [-0.15, -0.1) is 39.7 Å². The molecule has 0 aliphatic heterocycles. The Morgan fingerprint density at radius 2 is 1.11 bits per heavy atom. The van der Waals surface area contributed by atoms with E-state index >= 15 is 0 Å². The monoisotopic (exact) mass is 778 g/mol. The van der Waals surface area contributed by atoms with Gasteiger partial charge in [0.15, 0.2) is 0 Å². The van der Waals surface area contributed by atoms with Crippen LogP contribution in [0.3, 0.4) is 0 Å². The fraction of sp³-hybridized carbons (Fsp3) is 0.444. The Morgan fingerprint density at radius 3 is 1.48 bits per heavy atom. The van der Waals surface area contributed by atoms with E-state index in [0.717, 1.165) is 5.92 Å². The van der Waals surface area contributed by atoms with Crippen LogP contribution in [0.2, 0.25) is 0 Å². The van der Waals surface area contributed by atoms with E-state index in [2.05, 4.69) is 130 Å². The van der Waals surface area contributed by atoms with Gasteiger partial charge in [-0.05, 0) is 10.8 Å². The molecule has 0 bridgehead atoms. The van der Waals surface area contributed by atoms with Crippen LogP contribution in [0.15, 0.2) is 91.0 Å². The summed E-state index contributed by atoms with van der Waals surface area (Å²) in [6.07, 6.45) is 7.20. The molecular weight excluding hydrogens is 719 g/mol. The van der Waals surface area contributed by atoms with Gasteiger partial charge in [-0.1, -0.05) is 76.9 Å². The second-order valence-electron chi connectivity index (χ2n) is 16.2. The molecule has 1 aliphatic rings. The topological polar surface area (TPSA) is 0 Å². The van der Waals surface area contributed by atoms with Crippen LogP contribution < -0.4 is 0 Å². The van der Waals surface area contributed by atoms with E-state index in [9.17, 15) is 0 Å². The van der Waals surface area contributed by atoms with E-state index < -0.39 is 0 Å². The van der Waals surface area contributed by atoms with Gasteiger partial charge in [0, 0.05) is 0 Å². The molecule has 0 spiro atoms. The van der Waals surface area contributed by atoms with Crippen molar-refractivity contribution >= 4 is 24.8 Å². The molecule has 1 aliphatic carbocycles. The van der Waals surface area contributed by atoms with Gasteiger partial charge in [-0.25, -0.2) is 12.1 Å². The van der Waals surface area contributed by atoms with E-state index in [-0.39, 0.29) is 10.8 Å². The Labute approximate surface area is 295 Å². The first-order chi connectivity index (χ1) is 21.6. The van der Waals surface area contributed by atoms with E-state index in [1.165, 1.54) is 99.8 Å². The molecule has 0 amide bonds. The number of hydrogen-bond acceptors (Lipinski definition) is 0. The van der Waals surface area contributed by atoms with Gasteiger partial charge in [0.1, 0.15) is 0 Å². The molecule has 0 N–H and O–H groups in total. The summed E-state index contributed by atoms with van der Waals surface area (Å²) in [5, 5.41) is 5.48. The number of hydrogen-bond donors (Lipinski definition) is 0. The Hall–Kier alpha value is -2.38. The van der Waals surface area contributed by atoms with Crippen LogP contribution in [-0.4, -0.2) is 3.26 Å². The van der Waals surface area contributed by atoms with Crippen molar-refractivity contribution in [1.82, 2.24) is 0 Å². The molecule has 0 nitrogen and oxygen atoms in total. The fourth-order valence-electron chi connectivity index (χ4n) is 6.40. The summed E-state index contributed by atoms with van der Waals surface area (Å²) in [5.41, 5.74) is 7.83. The fourth-order valence-corrected chi connectivity index (χ4v) is 7.96. The van der Waals surface area contributed by atoms with Gasteiger partial charge >= 0.3 is 140 Å². The molecule has 1 fully saturated rings. The van der Waals surface area contributed by atoms with Crippen molar-refractivity contribution in [1.29, 1.82) is 0 Å². The first-order valence-electron chi connectivity index (χ1n) is 17.7. The van der Waals surface area contributed by atoms with Crippen molar-refractivity contribution < 1.29 is 23.9 Å². The van der Waals surface area contributed by atoms with Crippen molar-refractivity contribution in [3.8, 4) is 0 Å². The van der Waals surface area contributed by atoms with E-state index in [1.807, 2.05) is 30.3 Å². The van der Waals surface area contributed by atoms with Gasteiger partial charge in [0.25, 0.3) is 0 Å². The SMILES string of the molecule is CC(C)(C)c1ccc2c(c1)[cH-]c1cc(C(C)(C)C)ccc12.CC(C)c1cc([C](=[Hf+2])C2CCCCC2)cc(C(C)C)c1.c1cc[cH-]c1. The molecule has 0 saturated heterocycles. The van der Waals surface area contributed by atoms with E-state index in [0.29, 0.717) is 11.8 Å². The zero-order valence-corrected chi connectivity index (χ0v) is 34.0. The summed E-state index contributed by atoms with van der Waals surface area (Å²) < 4.78 is 1.77. The van der Waals surface area contributed by atoms with Crippen molar-refractivity contribution in [3.05, 3.63) is 119 Å². The standard InChI is InChI=1S/C21H25.C19H28.C5H5.Hf/c1-20(2,3)16-7-9-18-14(12-16)11-15-13-17(21(4,5)6)8-10-19(15)18;1-14(2)18-11-17(12-19(13-18)15(3)4)10-16-8-6-5-7-9-16;1-2-4-5-3-1;/h7-13H,1-6H3;11-16H,5-9H2,1-4H3;1-5H;/q-1;;-1;+2. The molecule has 0 aromatic heterocycles. The predicted octanol–water partition coefficient (Wildman–Crippen LogP) is 13.3. The quantitative estimate of drug-likeness (QED) is 0.126. The van der Waals surface area contributed by atoms with Gasteiger partial charge in [0.2, 0.25) is 0 Å². The minimum absolute atomic E-state index is 0.203. The molecule has 0 radical (unpaired) electrons. The maximum absolute atomic E-state index is 2.48. The summed E-state index contributed by atoms with van der Waals surface area (Å²) in [6, 6.07) is 33.6. The number of benzene rings is 3. The van der Waals surface area contributed by atoms with Crippen LogP contribution in [-0.2, 0) is 34.7 Å². The average molecular weight is 777 g/mol. The van der Waals surface area contributed by atoms with Gasteiger partial charge in [-0.2, -0.15) is 18.2 Å². The normalized spacial score (nSPS) is 14.3. The Bertz CT molecular complexity index is 1570. The van der Waals surface area contributed by atoms with E-state index in [1.54, 1.807) is 8.82 Å². The summed E-state index contributed by atoms with van der Waals surface area (Å²) in [7, 11) is 0. The van der Waals surface area contributed by atoms with Crippen molar-refractivity contribution in [2.45, 2.75) is 124 Å². The molecule has 1 heteroatoms. The zero-order valence-electron chi connectivity index (χ0n) is 30.4. The van der Waals surface area contributed by atoms with Crippen molar-refractivity contribution in [2.75, 3.05) is 0 Å². The number of rotatable bonds is 4. The van der Waals surface area contributed by atoms with E-state index in [4.69, 9.17) is 0 Å². The van der Waals surface area contributed by atoms with Crippen LogP contribution in [0, 0.1) is 5.92 Å². The predicted molar refractivity (Wildman–Crippen MR) is 202 cm³/mol. The van der Waals surface area contributed by atoms with Crippen molar-refractivity contribution in [3.63, 3.8) is 0 Å². The maximum atomic E-state index is 2.48. The second kappa shape index (κ2) is 15.7. The van der Waals surface area contributed by atoms with Crippen LogP contribution in [0.5, 0.6) is 0 Å². The molecule has 5 aromatic carbocycles. The molecule has 6 rings (SSSR count). The Morgan fingerprint density at radius 1 is 0.652 bits per heavy atom. The van der Waals surface area contributed by atoms with Crippen LogP contribution in [0.1, 0.15) is 141 Å². The molecule has 242 valence electrons.